The normalized spacial score (nSPS) is 15.7. The molecule has 0 saturated heterocycles. The van der Waals surface area contributed by atoms with Crippen molar-refractivity contribution in [2.45, 2.75) is 64.3 Å². The Morgan fingerprint density at radius 3 is 2.43 bits per heavy atom. The Morgan fingerprint density at radius 2 is 1.79 bits per heavy atom. The van der Waals surface area contributed by atoms with Crippen molar-refractivity contribution in [2.75, 3.05) is 14.2 Å². The molecule has 152 valence electrons. The number of nitrogens with one attached hydrogen (secondary N) is 1. The minimum atomic E-state index is -0.492. The van der Waals surface area contributed by atoms with Gasteiger partial charge in [0.05, 0.1) is 31.6 Å². The van der Waals surface area contributed by atoms with Crippen molar-refractivity contribution in [3.05, 3.63) is 33.7 Å². The van der Waals surface area contributed by atoms with Crippen molar-refractivity contribution in [1.82, 2.24) is 5.32 Å². The number of hydrogen-bond acceptors (Lipinski definition) is 5. The maximum Gasteiger partial charge on any atom is 0.340 e. The first-order chi connectivity index (χ1) is 13.5. The fourth-order valence-corrected chi connectivity index (χ4v) is 4.00. The quantitative estimate of drug-likeness (QED) is 0.788. The van der Waals surface area contributed by atoms with E-state index in [1.165, 1.54) is 19.3 Å². The van der Waals surface area contributed by atoms with Crippen molar-refractivity contribution in [3.8, 4) is 11.5 Å². The Labute approximate surface area is 165 Å². The summed E-state index contributed by atoms with van der Waals surface area (Å²) in [5, 5.41) is 3.81. The summed E-state index contributed by atoms with van der Waals surface area (Å²) in [7, 11) is 3.10. The highest BCUT2D eigenvalue weighted by Crippen LogP contribution is 2.33. The van der Waals surface area contributed by atoms with Crippen LogP contribution in [0.15, 0.2) is 21.3 Å². The Balaban J connectivity index is 1.86. The van der Waals surface area contributed by atoms with Gasteiger partial charge in [0, 0.05) is 18.2 Å². The zero-order valence-electron chi connectivity index (χ0n) is 16.9. The Bertz CT molecular complexity index is 894. The van der Waals surface area contributed by atoms with E-state index in [2.05, 4.69) is 5.32 Å². The maximum absolute atomic E-state index is 12.6. The molecule has 1 aliphatic rings. The summed E-state index contributed by atoms with van der Waals surface area (Å²) in [6.07, 6.45) is 8.03. The molecule has 1 saturated carbocycles. The number of ether oxygens (including phenoxy) is 2. The smallest absolute Gasteiger partial charge is 0.340 e. The second-order valence-electron chi connectivity index (χ2n) is 7.48. The van der Waals surface area contributed by atoms with Crippen LogP contribution in [0.3, 0.4) is 0 Å². The molecule has 1 N–H and O–H groups in total. The molecular weight excluding hydrogens is 358 g/mol. The zero-order chi connectivity index (χ0) is 20.1. The van der Waals surface area contributed by atoms with Gasteiger partial charge in [-0.1, -0.05) is 32.1 Å². The van der Waals surface area contributed by atoms with Gasteiger partial charge in [-0.2, -0.15) is 0 Å². The van der Waals surface area contributed by atoms with E-state index < -0.39 is 5.63 Å². The average molecular weight is 387 g/mol. The Kier molecular flexibility index (Phi) is 6.60. The molecule has 0 radical (unpaired) electrons. The summed E-state index contributed by atoms with van der Waals surface area (Å²) < 4.78 is 16.2. The second kappa shape index (κ2) is 9.13. The van der Waals surface area contributed by atoms with E-state index in [1.54, 1.807) is 26.4 Å². The van der Waals surface area contributed by atoms with E-state index in [0.717, 1.165) is 25.7 Å². The molecule has 0 spiro atoms. The molecule has 1 fully saturated rings. The molecule has 1 aromatic carbocycles. The summed E-state index contributed by atoms with van der Waals surface area (Å²) in [6, 6.07) is 3.59. The third-order valence-corrected chi connectivity index (χ3v) is 5.58. The molecule has 3 rings (SSSR count). The van der Waals surface area contributed by atoms with Crippen molar-refractivity contribution in [3.63, 3.8) is 0 Å². The molecule has 1 amide bonds. The monoisotopic (exact) mass is 387 g/mol. The molecule has 0 bridgehead atoms. The highest BCUT2D eigenvalue weighted by Gasteiger charge is 2.20. The standard InChI is InChI=1S/C22H29NO5/c1-14-17(13-20(24)23-15-9-7-5-4-6-8-10-15)22(25)28-19-12-16(26-2)11-18(27-3)21(14)19/h11-12,15H,4-10,13H2,1-3H3,(H,23,24). The zero-order valence-corrected chi connectivity index (χ0v) is 16.9. The lowest BCUT2D eigenvalue weighted by atomic mass is 9.96. The third-order valence-electron chi connectivity index (χ3n) is 5.58. The number of carbonyl (C=O) groups is 1. The maximum atomic E-state index is 12.6. The Morgan fingerprint density at radius 1 is 1.11 bits per heavy atom. The van der Waals surface area contributed by atoms with Crippen LogP contribution < -0.4 is 20.4 Å². The lowest BCUT2D eigenvalue weighted by Gasteiger charge is -2.21. The number of fused-ring (bicyclic) bond motifs is 1. The van der Waals surface area contributed by atoms with Crippen LogP contribution in [0.2, 0.25) is 0 Å². The van der Waals surface area contributed by atoms with Crippen LogP contribution in [0.4, 0.5) is 0 Å². The lowest BCUT2D eigenvalue weighted by Crippen LogP contribution is -2.37. The molecule has 1 heterocycles. The minimum Gasteiger partial charge on any atom is -0.496 e. The van der Waals surface area contributed by atoms with E-state index in [9.17, 15) is 9.59 Å². The highest BCUT2D eigenvalue weighted by molar-refractivity contribution is 5.90. The molecule has 1 aromatic heterocycles. The molecule has 6 heteroatoms. The minimum absolute atomic E-state index is 0.00971. The summed E-state index contributed by atoms with van der Waals surface area (Å²) in [4.78, 5) is 25.2. The van der Waals surface area contributed by atoms with Crippen LogP contribution in [0, 0.1) is 6.92 Å². The molecule has 2 aromatic rings. The molecule has 0 aliphatic heterocycles. The predicted octanol–water partition coefficient (Wildman–Crippen LogP) is 3.89. The van der Waals surface area contributed by atoms with Crippen molar-refractivity contribution < 1.29 is 18.7 Å². The molecular formula is C22H29NO5. The summed E-state index contributed by atoms with van der Waals surface area (Å²) >= 11 is 0. The fraction of sp³-hybridized carbons (Fsp3) is 0.545. The number of methoxy groups -OCH3 is 2. The lowest BCUT2D eigenvalue weighted by molar-refractivity contribution is -0.121. The summed E-state index contributed by atoms with van der Waals surface area (Å²) in [5.74, 6) is 0.965. The summed E-state index contributed by atoms with van der Waals surface area (Å²) in [6.45, 7) is 1.83. The molecule has 1 aliphatic carbocycles. The molecule has 0 unspecified atom stereocenters. The first kappa shape index (κ1) is 20.2. The Hall–Kier alpha value is -2.50. The van der Waals surface area contributed by atoms with E-state index in [-0.39, 0.29) is 18.4 Å². The van der Waals surface area contributed by atoms with Gasteiger partial charge in [-0.15, -0.1) is 0 Å². The van der Waals surface area contributed by atoms with Crippen LogP contribution in [-0.4, -0.2) is 26.2 Å². The number of hydrogen-bond donors (Lipinski definition) is 1. The molecule has 28 heavy (non-hydrogen) atoms. The molecule has 0 atom stereocenters. The SMILES string of the molecule is COc1cc(OC)c2c(C)c(CC(=O)NC3CCCCCCC3)c(=O)oc2c1. The summed E-state index contributed by atoms with van der Waals surface area (Å²) in [5.41, 5.74) is 0.980. The third kappa shape index (κ3) is 4.49. The van der Waals surface area contributed by atoms with Gasteiger partial charge in [0.15, 0.2) is 0 Å². The van der Waals surface area contributed by atoms with Crippen LogP contribution >= 0.6 is 0 Å². The first-order valence-electron chi connectivity index (χ1n) is 10.0. The topological polar surface area (TPSA) is 77.8 Å². The predicted molar refractivity (Wildman–Crippen MR) is 108 cm³/mol. The number of carbonyl (C=O) groups excluding carboxylic acids is 1. The van der Waals surface area contributed by atoms with Crippen molar-refractivity contribution in [1.29, 1.82) is 0 Å². The van der Waals surface area contributed by atoms with E-state index in [1.807, 2.05) is 6.92 Å². The number of amides is 1. The van der Waals surface area contributed by atoms with Gasteiger partial charge >= 0.3 is 5.63 Å². The second-order valence-corrected chi connectivity index (χ2v) is 7.48. The van der Waals surface area contributed by atoms with Gasteiger partial charge < -0.3 is 19.2 Å². The van der Waals surface area contributed by atoms with Crippen molar-refractivity contribution in [2.24, 2.45) is 0 Å². The number of benzene rings is 1. The average Bonchev–Trinajstić information content (AvgIpc) is 2.66. The first-order valence-corrected chi connectivity index (χ1v) is 10.0. The van der Waals surface area contributed by atoms with Gasteiger partial charge in [0.2, 0.25) is 5.91 Å². The molecule has 6 nitrogen and oxygen atoms in total. The fourth-order valence-electron chi connectivity index (χ4n) is 4.00. The van der Waals surface area contributed by atoms with E-state index in [0.29, 0.717) is 33.6 Å². The van der Waals surface area contributed by atoms with Crippen LogP contribution in [0.1, 0.15) is 56.1 Å². The van der Waals surface area contributed by atoms with E-state index >= 15 is 0 Å². The van der Waals surface area contributed by atoms with Gasteiger partial charge in [-0.25, -0.2) is 4.79 Å². The van der Waals surface area contributed by atoms with Crippen LogP contribution in [0.25, 0.3) is 11.0 Å². The van der Waals surface area contributed by atoms with Gasteiger partial charge in [0.1, 0.15) is 17.1 Å². The van der Waals surface area contributed by atoms with Crippen molar-refractivity contribution >= 4 is 16.9 Å². The van der Waals surface area contributed by atoms with Gasteiger partial charge in [-0.05, 0) is 25.3 Å². The van der Waals surface area contributed by atoms with E-state index in [4.69, 9.17) is 13.9 Å². The van der Waals surface area contributed by atoms with Gasteiger partial charge in [0.25, 0.3) is 0 Å². The number of aryl methyl sites for hydroxylation is 1. The largest absolute Gasteiger partial charge is 0.496 e. The van der Waals surface area contributed by atoms with Crippen LogP contribution in [0.5, 0.6) is 11.5 Å². The van der Waals surface area contributed by atoms with Crippen LogP contribution in [-0.2, 0) is 11.2 Å². The number of rotatable bonds is 5. The van der Waals surface area contributed by atoms with Gasteiger partial charge in [-0.3, -0.25) is 4.79 Å². The highest BCUT2D eigenvalue weighted by atomic mass is 16.5.